The van der Waals surface area contributed by atoms with Crippen LogP contribution in [0, 0.1) is 0 Å². The van der Waals surface area contributed by atoms with Crippen molar-refractivity contribution in [3.63, 3.8) is 0 Å². The van der Waals surface area contributed by atoms with Crippen LogP contribution < -0.4 is 5.32 Å². The van der Waals surface area contributed by atoms with Gasteiger partial charge in [-0.05, 0) is 44.9 Å². The van der Waals surface area contributed by atoms with Crippen LogP contribution in [-0.4, -0.2) is 193 Å². The lowest BCUT2D eigenvalue weighted by molar-refractivity contribution is -0.379. The summed E-state index contributed by atoms with van der Waals surface area (Å²) in [5.41, 5.74) is 0. The van der Waals surface area contributed by atoms with Gasteiger partial charge in [0.15, 0.2) is 18.9 Å². The van der Waals surface area contributed by atoms with Gasteiger partial charge >= 0.3 is 0 Å². The third kappa shape index (κ3) is 28.8. The van der Waals surface area contributed by atoms with Crippen LogP contribution in [0.2, 0.25) is 0 Å². The second kappa shape index (κ2) is 45.3. The zero-order chi connectivity index (χ0) is 59.0. The number of aliphatic hydroxyl groups excluding tert-OH is 11. The van der Waals surface area contributed by atoms with E-state index >= 15 is 0 Å². The second-order valence-electron chi connectivity index (χ2n) is 22.9. The molecule has 0 aliphatic carbocycles. The summed E-state index contributed by atoms with van der Waals surface area (Å²) in [4.78, 5) is 13.3. The van der Waals surface area contributed by atoms with Gasteiger partial charge in [-0.25, -0.2) is 0 Å². The Balaban J connectivity index is 1.45. The van der Waals surface area contributed by atoms with Gasteiger partial charge in [-0.3, -0.25) is 4.79 Å². The number of nitrogens with one attached hydrogen (secondary N) is 1. The first-order valence-electron chi connectivity index (χ1n) is 31.7. The summed E-state index contributed by atoms with van der Waals surface area (Å²) < 4.78 is 34.2. The van der Waals surface area contributed by atoms with Gasteiger partial charge in [0.1, 0.15) is 73.2 Å². The molecule has 12 N–H and O–H groups in total. The fourth-order valence-electron chi connectivity index (χ4n) is 10.7. The van der Waals surface area contributed by atoms with E-state index in [1.165, 1.54) is 141 Å². The molecule has 19 nitrogen and oxygen atoms in total. The Bertz CT molecular complexity index is 1620. The van der Waals surface area contributed by atoms with Gasteiger partial charge in [0.25, 0.3) is 0 Å². The first-order valence-corrected chi connectivity index (χ1v) is 31.7. The van der Waals surface area contributed by atoms with Crippen molar-refractivity contribution < 1.29 is 89.4 Å². The number of carbonyl (C=O) groups is 1. The Hall–Kier alpha value is -1.99. The molecule has 3 aliphatic heterocycles. The Morgan fingerprint density at radius 3 is 1.23 bits per heavy atom. The summed E-state index contributed by atoms with van der Waals surface area (Å²) in [5, 5.41) is 120. The molecule has 0 aromatic carbocycles. The van der Waals surface area contributed by atoms with Crippen LogP contribution in [0.1, 0.15) is 219 Å². The van der Waals surface area contributed by atoms with Crippen molar-refractivity contribution in [3.05, 3.63) is 36.5 Å². The zero-order valence-corrected chi connectivity index (χ0v) is 49.5. The third-order valence-electron chi connectivity index (χ3n) is 15.9. The lowest BCUT2D eigenvalue weighted by Gasteiger charge is -2.48. The van der Waals surface area contributed by atoms with Crippen LogP contribution in [0.15, 0.2) is 36.5 Å². The maximum atomic E-state index is 13.3. The molecular weight excluding hydrogens is 1050 g/mol. The molecule has 0 radical (unpaired) electrons. The molecule has 81 heavy (non-hydrogen) atoms. The van der Waals surface area contributed by atoms with Crippen LogP contribution in [-0.2, 0) is 33.2 Å². The quantitative estimate of drug-likeness (QED) is 0.0229. The lowest BCUT2D eigenvalue weighted by Crippen LogP contribution is -2.66. The van der Waals surface area contributed by atoms with Crippen LogP contribution in [0.5, 0.6) is 0 Å². The average molecular weight is 1160 g/mol. The molecule has 0 aromatic rings. The van der Waals surface area contributed by atoms with Gasteiger partial charge in [0.05, 0.1) is 38.6 Å². The zero-order valence-electron chi connectivity index (χ0n) is 49.5. The van der Waals surface area contributed by atoms with E-state index in [2.05, 4.69) is 43.5 Å². The third-order valence-corrected chi connectivity index (χ3v) is 15.9. The molecule has 3 fully saturated rings. The second-order valence-corrected chi connectivity index (χ2v) is 22.9. The number of allylic oxidation sites excluding steroid dienone is 5. The van der Waals surface area contributed by atoms with E-state index in [1.807, 2.05) is 6.08 Å². The minimum Gasteiger partial charge on any atom is -0.394 e. The van der Waals surface area contributed by atoms with Crippen molar-refractivity contribution in [2.45, 2.75) is 324 Å². The van der Waals surface area contributed by atoms with E-state index in [0.717, 1.165) is 44.9 Å². The number of ether oxygens (including phenoxy) is 6. The molecule has 3 saturated heterocycles. The summed E-state index contributed by atoms with van der Waals surface area (Å²) in [5.74, 6) is -0.292. The predicted octanol–water partition coefficient (Wildman–Crippen LogP) is 6.49. The monoisotopic (exact) mass is 1160 g/mol. The fraction of sp³-hybridized carbons (Fsp3) is 0.887. The molecule has 0 saturated carbocycles. The largest absolute Gasteiger partial charge is 0.394 e. The number of unbranched alkanes of at least 4 members (excludes halogenated alkanes) is 27. The van der Waals surface area contributed by atoms with Crippen molar-refractivity contribution in [2.75, 3.05) is 26.4 Å². The van der Waals surface area contributed by atoms with Gasteiger partial charge in [-0.1, -0.05) is 204 Å². The number of aliphatic hydroxyl groups is 11. The van der Waals surface area contributed by atoms with Crippen LogP contribution in [0.4, 0.5) is 0 Å². The lowest BCUT2D eigenvalue weighted by atomic mass is 9.96. The average Bonchev–Trinajstić information content (AvgIpc) is 3.51. The van der Waals surface area contributed by atoms with E-state index in [4.69, 9.17) is 28.4 Å². The molecule has 0 spiro atoms. The fourth-order valence-corrected chi connectivity index (χ4v) is 10.7. The van der Waals surface area contributed by atoms with Crippen LogP contribution >= 0.6 is 0 Å². The number of hydrogen-bond acceptors (Lipinski definition) is 18. The normalized spacial score (nSPS) is 30.0. The van der Waals surface area contributed by atoms with E-state index < -0.39 is 124 Å². The molecule has 17 atom stereocenters. The summed E-state index contributed by atoms with van der Waals surface area (Å²) in [6, 6.07) is -0.992. The maximum Gasteiger partial charge on any atom is 0.220 e. The highest BCUT2D eigenvalue weighted by atomic mass is 16.8. The molecule has 19 heteroatoms. The highest BCUT2D eigenvalue weighted by Gasteiger charge is 2.53. The van der Waals surface area contributed by atoms with Gasteiger partial charge < -0.3 is 89.9 Å². The molecule has 3 aliphatic rings. The summed E-state index contributed by atoms with van der Waals surface area (Å²) in [6.45, 7) is 1.68. The van der Waals surface area contributed by atoms with Gasteiger partial charge in [0, 0.05) is 6.42 Å². The van der Waals surface area contributed by atoms with E-state index in [-0.39, 0.29) is 18.9 Å². The van der Waals surface area contributed by atoms with Crippen molar-refractivity contribution in [2.24, 2.45) is 0 Å². The number of amides is 1. The molecule has 3 rings (SSSR count). The van der Waals surface area contributed by atoms with E-state index in [9.17, 15) is 61.0 Å². The van der Waals surface area contributed by atoms with Crippen molar-refractivity contribution in [3.8, 4) is 0 Å². The van der Waals surface area contributed by atoms with Gasteiger partial charge in [-0.2, -0.15) is 0 Å². The molecule has 1 amide bonds. The molecule has 3 heterocycles. The van der Waals surface area contributed by atoms with Gasteiger partial charge in [0.2, 0.25) is 5.91 Å². The van der Waals surface area contributed by atoms with Crippen LogP contribution in [0.3, 0.4) is 0 Å². The van der Waals surface area contributed by atoms with Crippen LogP contribution in [0.25, 0.3) is 0 Å². The molecule has 0 aromatic heterocycles. The summed E-state index contributed by atoms with van der Waals surface area (Å²) in [6.07, 6.45) is 23.0. The number of rotatable bonds is 47. The molecular formula is C62H113NO18. The Labute approximate surface area is 485 Å². The van der Waals surface area contributed by atoms with E-state index in [1.54, 1.807) is 6.08 Å². The SMILES string of the molecule is CCCCCCCCCCCCCCCCCC/C=C/CC/C=C/CC/C=C/C(O)C(COC1OC(CO)C(OC2OC(CO)C(OC3OC(CO)C(O)C(O)C3O)C(O)C2O)C(O)C1O)NC(=O)CCCCCCCCCCCC. The maximum absolute atomic E-state index is 13.3. The number of carbonyl (C=O) groups excluding carboxylic acids is 1. The first-order chi connectivity index (χ1) is 39.3. The molecule has 17 unspecified atom stereocenters. The highest BCUT2D eigenvalue weighted by Crippen LogP contribution is 2.33. The number of hydrogen-bond donors (Lipinski definition) is 12. The molecule has 0 bridgehead atoms. The summed E-state index contributed by atoms with van der Waals surface area (Å²) in [7, 11) is 0. The predicted molar refractivity (Wildman–Crippen MR) is 309 cm³/mol. The summed E-state index contributed by atoms with van der Waals surface area (Å²) >= 11 is 0. The smallest absolute Gasteiger partial charge is 0.220 e. The minimum absolute atomic E-state index is 0.234. The van der Waals surface area contributed by atoms with E-state index in [0.29, 0.717) is 12.8 Å². The van der Waals surface area contributed by atoms with Crippen molar-refractivity contribution in [1.29, 1.82) is 0 Å². The first kappa shape index (κ1) is 73.3. The Morgan fingerprint density at radius 2 is 0.790 bits per heavy atom. The Morgan fingerprint density at radius 1 is 0.432 bits per heavy atom. The topological polar surface area (TPSA) is 307 Å². The highest BCUT2D eigenvalue weighted by molar-refractivity contribution is 5.76. The Kier molecular flexibility index (Phi) is 41.0. The minimum atomic E-state index is -1.98. The van der Waals surface area contributed by atoms with Crippen molar-refractivity contribution >= 4 is 5.91 Å². The van der Waals surface area contributed by atoms with Crippen molar-refractivity contribution in [1.82, 2.24) is 5.32 Å². The molecule has 474 valence electrons. The van der Waals surface area contributed by atoms with Gasteiger partial charge in [-0.15, -0.1) is 0 Å². The standard InChI is InChI=1S/C62H113NO18/c1-3-5-7-9-11-13-15-16-17-18-19-20-21-22-23-24-25-26-27-28-29-30-31-33-35-37-39-46(67)45(63-50(68)40-38-36-34-32-14-12-10-8-6-4-2)44-76-60-56(74)53(71)58(48(42-65)78-60)81-62-57(75)54(72)59(49(43-66)79-62)80-61-55(73)52(70)51(69)47(41-64)77-61/h26-27,30-31,37,39,45-49,51-62,64-67,69-75H,3-25,28-29,32-36,38,40-44H2,1-2H3,(H,63,68)/b27-26+,31-30+,39-37+.